The van der Waals surface area contributed by atoms with E-state index in [9.17, 15) is 43.5 Å². The zero-order valence-electron chi connectivity index (χ0n) is 36.8. The number of carbonyl (C=O) groups is 8. The summed E-state index contributed by atoms with van der Waals surface area (Å²) in [6.07, 6.45) is 0.339. The molecular weight excluding hydrogens is 797 g/mol. The Bertz CT molecular complexity index is 1550. The van der Waals surface area contributed by atoms with E-state index < -0.39 is 108 Å². The van der Waals surface area contributed by atoms with E-state index in [0.29, 0.717) is 6.42 Å². The summed E-state index contributed by atoms with van der Waals surface area (Å²) in [6.45, 7) is 14.1. The van der Waals surface area contributed by atoms with Crippen molar-refractivity contribution in [1.29, 1.82) is 0 Å². The molecule has 0 aliphatic carbocycles. The van der Waals surface area contributed by atoms with Gasteiger partial charge in [0.2, 0.25) is 41.4 Å². The van der Waals surface area contributed by atoms with Gasteiger partial charge in [-0.05, 0) is 62.2 Å². The Morgan fingerprint density at radius 2 is 0.869 bits per heavy atom. The van der Waals surface area contributed by atoms with Crippen LogP contribution in [0.25, 0.3) is 0 Å². The molecule has 0 saturated carbocycles. The van der Waals surface area contributed by atoms with Crippen molar-refractivity contribution in [2.24, 2.45) is 68.1 Å². The normalized spacial score (nSPS) is 14.6. The summed E-state index contributed by atoms with van der Waals surface area (Å²) in [4.78, 5) is 113. The largest absolute Gasteiger partial charge is 0.480 e. The van der Waals surface area contributed by atoms with Gasteiger partial charge < -0.3 is 71.4 Å². The first-order valence-corrected chi connectivity index (χ1v) is 20.5. The molecule has 0 bridgehead atoms. The van der Waals surface area contributed by atoms with Gasteiger partial charge in [-0.2, -0.15) is 0 Å². The van der Waals surface area contributed by atoms with Crippen LogP contribution >= 0.6 is 0 Å². The zero-order valence-corrected chi connectivity index (χ0v) is 36.8. The van der Waals surface area contributed by atoms with Crippen LogP contribution in [0, 0.1) is 23.7 Å². The summed E-state index contributed by atoms with van der Waals surface area (Å²) in [5.41, 5.74) is 33.0. The second-order valence-electron chi connectivity index (χ2n) is 16.5. The first kappa shape index (κ1) is 55.3. The third kappa shape index (κ3) is 23.0. The van der Waals surface area contributed by atoms with E-state index in [-0.39, 0.29) is 68.9 Å². The molecule has 23 heteroatoms. The lowest BCUT2D eigenvalue weighted by atomic mass is 9.98. The summed E-state index contributed by atoms with van der Waals surface area (Å²) in [5, 5.41) is 25.0. The van der Waals surface area contributed by atoms with E-state index in [1.54, 1.807) is 55.4 Å². The number of nitrogens with two attached hydrogens (primary N) is 6. The van der Waals surface area contributed by atoms with Crippen LogP contribution in [0.1, 0.15) is 100 Å². The fourth-order valence-corrected chi connectivity index (χ4v) is 5.88. The number of aliphatic carboxylic acids is 1. The molecule has 0 fully saturated rings. The number of amides is 7. The van der Waals surface area contributed by atoms with Crippen molar-refractivity contribution in [2.75, 3.05) is 13.1 Å². The highest BCUT2D eigenvalue weighted by molar-refractivity contribution is 5.98. The van der Waals surface area contributed by atoms with Gasteiger partial charge in [-0.1, -0.05) is 55.4 Å². The number of guanidine groups is 2. The molecule has 0 aliphatic rings. The lowest BCUT2D eigenvalue weighted by molar-refractivity contribution is -0.143. The minimum atomic E-state index is -1.57. The SMILES string of the molecule is CC(C)C[C@H](NC(=O)[C@H](CC(N)=O)NC(=O)[C@@H](NC(=O)[C@H](CC(C)C)NC(=O)[C@H](CCCN=C(N)N)NC(=O)[C@@H](NC(=O)[C@@H](N)CCCN=C(N)N)C(C)C)C(C)C)C(=O)O. The minimum absolute atomic E-state index is 0.00762. The standard InChI is InChI=1S/C38H72N14O9/c1-18(2)15-24(33(57)52-29(21(7)8)35(59)49-25(17-27(40)53)32(56)50-26(36(60)61)16-19(3)4)48-31(55)23(12-10-14-46-38(43)44)47-34(58)28(20(5)6)51-30(54)22(39)11-9-13-45-37(41)42/h18-26,28-29H,9-17,39H2,1-8H3,(H2,40,53)(H,47,58)(H,48,55)(H,49,59)(H,50,56)(H,51,54)(H,52,57)(H,60,61)(H4,41,42,45)(H4,43,44,46)/t22-,23-,24-,25-,26-,28-,29-/m0/s1. The van der Waals surface area contributed by atoms with Crippen molar-refractivity contribution in [3.8, 4) is 0 Å². The van der Waals surface area contributed by atoms with Crippen molar-refractivity contribution >= 4 is 59.2 Å². The number of primary amides is 1. The van der Waals surface area contributed by atoms with Crippen LogP contribution in [-0.4, -0.2) is 120 Å². The topological polar surface area (TPSA) is 410 Å². The molecule has 0 aromatic carbocycles. The molecule has 19 N–H and O–H groups in total. The third-order valence-electron chi connectivity index (χ3n) is 9.08. The molecule has 0 radical (unpaired) electrons. The monoisotopic (exact) mass is 869 g/mol. The van der Waals surface area contributed by atoms with Gasteiger partial charge in [0.1, 0.15) is 36.3 Å². The number of carboxylic acid groups (broad SMARTS) is 1. The maximum atomic E-state index is 14.0. The summed E-state index contributed by atoms with van der Waals surface area (Å²) < 4.78 is 0. The van der Waals surface area contributed by atoms with Crippen molar-refractivity contribution in [3.05, 3.63) is 0 Å². The van der Waals surface area contributed by atoms with E-state index >= 15 is 0 Å². The Morgan fingerprint density at radius 3 is 1.30 bits per heavy atom. The average Bonchev–Trinajstić information content (AvgIpc) is 3.13. The molecule has 0 aliphatic heterocycles. The van der Waals surface area contributed by atoms with Gasteiger partial charge in [-0.3, -0.25) is 43.5 Å². The summed E-state index contributed by atoms with van der Waals surface area (Å²) >= 11 is 0. The van der Waals surface area contributed by atoms with Crippen LogP contribution in [0.15, 0.2) is 9.98 Å². The summed E-state index contributed by atoms with van der Waals surface area (Å²) in [5.74, 6) is -8.57. The molecule has 7 atom stereocenters. The smallest absolute Gasteiger partial charge is 0.326 e. The van der Waals surface area contributed by atoms with Crippen LogP contribution in [-0.2, 0) is 38.4 Å². The number of hydrogen-bond donors (Lipinski definition) is 13. The fraction of sp³-hybridized carbons (Fsp3) is 0.737. The van der Waals surface area contributed by atoms with E-state index in [2.05, 4.69) is 41.9 Å². The Morgan fingerprint density at radius 1 is 0.492 bits per heavy atom. The van der Waals surface area contributed by atoms with Crippen LogP contribution in [0.3, 0.4) is 0 Å². The van der Waals surface area contributed by atoms with E-state index in [1.807, 2.05) is 0 Å². The van der Waals surface area contributed by atoms with Gasteiger partial charge in [0.25, 0.3) is 0 Å². The number of nitrogens with one attached hydrogen (secondary N) is 6. The lowest BCUT2D eigenvalue weighted by Gasteiger charge is -2.29. The Balaban J connectivity index is 6.37. The molecule has 0 spiro atoms. The predicted molar refractivity (Wildman–Crippen MR) is 229 cm³/mol. The van der Waals surface area contributed by atoms with Gasteiger partial charge >= 0.3 is 5.97 Å². The highest BCUT2D eigenvalue weighted by atomic mass is 16.4. The van der Waals surface area contributed by atoms with Gasteiger partial charge in [-0.15, -0.1) is 0 Å². The quantitative estimate of drug-likeness (QED) is 0.0199. The van der Waals surface area contributed by atoms with Crippen LogP contribution in [0.2, 0.25) is 0 Å². The fourth-order valence-electron chi connectivity index (χ4n) is 5.88. The minimum Gasteiger partial charge on any atom is -0.480 e. The Hall–Kier alpha value is -5.74. The number of carboxylic acids is 1. The zero-order chi connectivity index (χ0) is 47.1. The second kappa shape index (κ2) is 27.9. The van der Waals surface area contributed by atoms with Gasteiger partial charge in [0.15, 0.2) is 11.9 Å². The third-order valence-corrected chi connectivity index (χ3v) is 9.08. The van der Waals surface area contributed by atoms with Crippen LogP contribution in [0.4, 0.5) is 0 Å². The Labute approximate surface area is 357 Å². The predicted octanol–water partition coefficient (Wildman–Crippen LogP) is -3.31. The maximum Gasteiger partial charge on any atom is 0.326 e. The van der Waals surface area contributed by atoms with Crippen molar-refractivity contribution in [2.45, 2.75) is 143 Å². The number of nitrogens with zero attached hydrogens (tertiary/aromatic N) is 2. The number of rotatable bonds is 29. The highest BCUT2D eigenvalue weighted by Gasteiger charge is 2.35. The summed E-state index contributed by atoms with van der Waals surface area (Å²) in [6, 6.07) is -8.79. The van der Waals surface area contributed by atoms with Gasteiger partial charge in [-0.25, -0.2) is 4.79 Å². The molecule has 0 aromatic rings. The number of hydrogen-bond acceptors (Lipinski definition) is 11. The van der Waals surface area contributed by atoms with Crippen molar-refractivity contribution in [3.63, 3.8) is 0 Å². The van der Waals surface area contributed by atoms with E-state index in [4.69, 9.17) is 34.4 Å². The van der Waals surface area contributed by atoms with Crippen molar-refractivity contribution in [1.82, 2.24) is 31.9 Å². The molecule has 0 unspecified atom stereocenters. The van der Waals surface area contributed by atoms with Gasteiger partial charge in [0, 0.05) is 13.1 Å². The van der Waals surface area contributed by atoms with E-state index in [1.165, 1.54) is 0 Å². The molecule has 7 amide bonds. The van der Waals surface area contributed by atoms with Crippen LogP contribution < -0.4 is 66.3 Å². The second-order valence-corrected chi connectivity index (χ2v) is 16.5. The molecule has 23 nitrogen and oxygen atoms in total. The molecule has 0 heterocycles. The maximum absolute atomic E-state index is 14.0. The number of aliphatic imine (C=N–C) groups is 2. The first-order valence-electron chi connectivity index (χ1n) is 20.5. The molecule has 348 valence electrons. The number of carbonyl (C=O) groups excluding carboxylic acids is 7. The van der Waals surface area contributed by atoms with Crippen molar-refractivity contribution < 1.29 is 43.5 Å². The molecular formula is C38H72N14O9. The lowest BCUT2D eigenvalue weighted by Crippen LogP contribution is -2.61. The van der Waals surface area contributed by atoms with Crippen LogP contribution in [0.5, 0.6) is 0 Å². The molecule has 0 saturated heterocycles. The van der Waals surface area contributed by atoms with E-state index in [0.717, 1.165) is 0 Å². The first-order chi connectivity index (χ1) is 28.3. The molecule has 0 aromatic heterocycles. The Kier molecular flexibility index (Phi) is 25.3. The summed E-state index contributed by atoms with van der Waals surface area (Å²) in [7, 11) is 0. The van der Waals surface area contributed by atoms with Gasteiger partial charge in [0.05, 0.1) is 12.5 Å². The highest BCUT2D eigenvalue weighted by Crippen LogP contribution is 2.12. The average molecular weight is 869 g/mol. The molecule has 61 heavy (non-hydrogen) atoms. The molecule has 0 rings (SSSR count).